The predicted molar refractivity (Wildman–Crippen MR) is 178 cm³/mol. The van der Waals surface area contributed by atoms with Gasteiger partial charge in [-0.25, -0.2) is 4.85 Å². The summed E-state index contributed by atoms with van der Waals surface area (Å²) in [4.78, 5) is 11.9. The van der Waals surface area contributed by atoms with Crippen LogP contribution in [0.15, 0.2) is 134 Å². The Balaban J connectivity index is 1.23. The van der Waals surface area contributed by atoms with Crippen molar-refractivity contribution in [3.05, 3.63) is 151 Å². The molecule has 202 valence electrons. The van der Waals surface area contributed by atoms with E-state index < -0.39 is 0 Å². The molecule has 0 aliphatic carbocycles. The van der Waals surface area contributed by atoms with Crippen LogP contribution in [0, 0.1) is 17.9 Å². The average Bonchev–Trinajstić information content (AvgIpc) is 3.10. The van der Waals surface area contributed by atoms with Crippen molar-refractivity contribution >= 4 is 38.0 Å². The molecule has 0 fully saturated rings. The second kappa shape index (κ2) is 10.2. The molecule has 0 atom stereocenters. The van der Waals surface area contributed by atoms with Gasteiger partial charge < -0.3 is 0 Å². The third kappa shape index (κ3) is 4.14. The van der Waals surface area contributed by atoms with Gasteiger partial charge in [0.05, 0.1) is 12.1 Å². The highest BCUT2D eigenvalue weighted by Gasteiger charge is 2.14. The highest BCUT2D eigenvalue weighted by Crippen LogP contribution is 2.41. The van der Waals surface area contributed by atoms with Gasteiger partial charge in [-0.15, -0.1) is 0 Å². The zero-order valence-corrected chi connectivity index (χ0v) is 23.5. The monoisotopic (exact) mass is 558 g/mol. The summed E-state index contributed by atoms with van der Waals surface area (Å²) in [5, 5.41) is 16.9. The Kier molecular flexibility index (Phi) is 5.86. The molecule has 0 aliphatic rings. The van der Waals surface area contributed by atoms with Crippen molar-refractivity contribution in [3.63, 3.8) is 0 Å². The van der Waals surface area contributed by atoms with Gasteiger partial charge in [0.25, 0.3) is 0 Å². The topological polar surface area (TPSA) is 53.9 Å². The lowest BCUT2D eigenvalue weighted by Crippen LogP contribution is -1.89. The van der Waals surface area contributed by atoms with E-state index in [9.17, 15) is 5.26 Å². The van der Waals surface area contributed by atoms with Crippen LogP contribution in [0.1, 0.15) is 5.56 Å². The van der Waals surface area contributed by atoms with Crippen LogP contribution in [-0.4, -0.2) is 9.97 Å². The molecule has 0 aliphatic heterocycles. The van der Waals surface area contributed by atoms with Crippen LogP contribution < -0.4 is 0 Å². The lowest BCUT2D eigenvalue weighted by molar-refractivity contribution is 1.30. The molecule has 4 nitrogen and oxygen atoms in total. The van der Waals surface area contributed by atoms with Gasteiger partial charge in [0, 0.05) is 30.4 Å². The molecule has 0 N–H and O–H groups in total. The predicted octanol–water partition coefficient (Wildman–Crippen LogP) is 10.5. The number of pyridine rings is 2. The minimum absolute atomic E-state index is 0.551. The summed E-state index contributed by atoms with van der Waals surface area (Å²) in [7, 11) is 0. The Morgan fingerprint density at radius 1 is 0.523 bits per heavy atom. The molecule has 8 aromatic rings. The largest absolute Gasteiger partial charge is 0.276 e. The number of aromatic nitrogens is 2. The van der Waals surface area contributed by atoms with Gasteiger partial charge in [-0.05, 0) is 120 Å². The van der Waals surface area contributed by atoms with E-state index in [0.29, 0.717) is 11.3 Å². The van der Waals surface area contributed by atoms with Crippen molar-refractivity contribution in [1.29, 1.82) is 5.26 Å². The lowest BCUT2D eigenvalue weighted by atomic mass is 9.88. The number of benzene rings is 6. The van der Waals surface area contributed by atoms with Crippen molar-refractivity contribution in [2.45, 2.75) is 0 Å². The first-order valence-corrected chi connectivity index (χ1v) is 14.3. The minimum atomic E-state index is 0.551. The van der Waals surface area contributed by atoms with E-state index in [-0.39, 0.29) is 0 Å². The fourth-order valence-electron chi connectivity index (χ4n) is 6.36. The van der Waals surface area contributed by atoms with Crippen LogP contribution in [0.5, 0.6) is 0 Å². The van der Waals surface area contributed by atoms with Crippen molar-refractivity contribution in [3.8, 4) is 50.6 Å². The first-order chi connectivity index (χ1) is 21.7. The van der Waals surface area contributed by atoms with Crippen molar-refractivity contribution in [1.82, 2.24) is 9.97 Å². The molecule has 0 bridgehead atoms. The molecule has 0 amide bonds. The number of nitriles is 1. The summed E-state index contributed by atoms with van der Waals surface area (Å²) in [6.45, 7) is 7.55. The van der Waals surface area contributed by atoms with Crippen molar-refractivity contribution < 1.29 is 0 Å². The fourth-order valence-corrected chi connectivity index (χ4v) is 6.36. The number of nitrogens with zero attached hydrogens (tertiary/aromatic N) is 4. The lowest BCUT2D eigenvalue weighted by Gasteiger charge is -2.15. The molecule has 8 rings (SSSR count). The Morgan fingerprint density at radius 3 is 1.52 bits per heavy atom. The first kappa shape index (κ1) is 25.4. The fraction of sp³-hybridized carbons (Fsp3) is 0. The average molecular weight is 559 g/mol. The molecule has 0 saturated carbocycles. The van der Waals surface area contributed by atoms with Gasteiger partial charge in [-0.1, -0.05) is 60.7 Å². The van der Waals surface area contributed by atoms with Gasteiger partial charge in [0.1, 0.15) is 6.07 Å². The molecule has 0 unspecified atom stereocenters. The third-order valence-corrected chi connectivity index (χ3v) is 8.41. The van der Waals surface area contributed by atoms with Gasteiger partial charge in [0.2, 0.25) is 5.69 Å². The van der Waals surface area contributed by atoms with E-state index in [2.05, 4.69) is 99.7 Å². The molecular weight excluding hydrogens is 536 g/mol. The van der Waals surface area contributed by atoms with E-state index in [1.54, 1.807) is 24.8 Å². The van der Waals surface area contributed by atoms with Gasteiger partial charge in [-0.2, -0.15) is 5.26 Å². The summed E-state index contributed by atoms with van der Waals surface area (Å²) < 4.78 is 0. The van der Waals surface area contributed by atoms with Crippen LogP contribution >= 0.6 is 0 Å². The Hall–Kier alpha value is -6.36. The highest BCUT2D eigenvalue weighted by atomic mass is 14.7. The maximum absolute atomic E-state index is 9.60. The van der Waals surface area contributed by atoms with Crippen LogP contribution in [0.3, 0.4) is 0 Å². The minimum Gasteiger partial charge on any atom is -0.276 e. The van der Waals surface area contributed by atoms with Crippen LogP contribution in [-0.2, 0) is 0 Å². The zero-order valence-electron chi connectivity index (χ0n) is 23.5. The first-order valence-electron chi connectivity index (χ1n) is 14.3. The van der Waals surface area contributed by atoms with Crippen molar-refractivity contribution in [2.24, 2.45) is 0 Å². The van der Waals surface area contributed by atoms with Crippen LogP contribution in [0.25, 0.3) is 81.7 Å². The summed E-state index contributed by atoms with van der Waals surface area (Å²) in [5.41, 5.74) is 9.38. The Morgan fingerprint density at radius 2 is 1.00 bits per heavy atom. The zero-order chi connectivity index (χ0) is 29.6. The number of rotatable bonds is 4. The van der Waals surface area contributed by atoms with Crippen LogP contribution in [0.2, 0.25) is 0 Å². The van der Waals surface area contributed by atoms with Gasteiger partial charge >= 0.3 is 0 Å². The van der Waals surface area contributed by atoms with Crippen molar-refractivity contribution in [2.75, 3.05) is 0 Å². The maximum Gasteiger partial charge on any atom is 0.212 e. The smallest absolute Gasteiger partial charge is 0.212 e. The summed E-state index contributed by atoms with van der Waals surface area (Å²) in [5.74, 6) is 0. The van der Waals surface area contributed by atoms with E-state index in [1.807, 2.05) is 30.3 Å². The third-order valence-electron chi connectivity index (χ3n) is 8.41. The molecule has 0 spiro atoms. The summed E-state index contributed by atoms with van der Waals surface area (Å²) >= 11 is 0. The van der Waals surface area contributed by atoms with Gasteiger partial charge in [-0.3, -0.25) is 9.97 Å². The molecule has 0 saturated heterocycles. The SMILES string of the molecule is [C-]#[N+]c1cnccc1-c1cccc(-c2cc3ccc4cc(-c5cccc(-c6ccncc6C#N)c5)cc5ccc(c2)c3c45)c1. The standard InChI is InChI=1S/C40H22N4/c1-42-38-24-44-15-13-37(38)28-7-3-5-26(17-28)34-20-31-10-8-29-18-33(19-30-9-11-32(21-34)40(31)39(29)30)25-4-2-6-27(16-25)36-12-14-43-23-35(36)22-41/h2-21,23-24H. The van der Waals surface area contributed by atoms with Gasteiger partial charge in [0.15, 0.2) is 0 Å². The summed E-state index contributed by atoms with van der Waals surface area (Å²) in [6.07, 6.45) is 6.70. The van der Waals surface area contributed by atoms with E-state index in [4.69, 9.17) is 6.57 Å². The molecule has 0 radical (unpaired) electrons. The highest BCUT2D eigenvalue weighted by molar-refractivity contribution is 6.24. The number of hydrogen-bond acceptors (Lipinski definition) is 3. The van der Waals surface area contributed by atoms with E-state index in [1.165, 1.54) is 32.3 Å². The molecule has 4 heteroatoms. The quantitative estimate of drug-likeness (QED) is 0.159. The normalized spacial score (nSPS) is 11.1. The maximum atomic E-state index is 9.60. The molecule has 44 heavy (non-hydrogen) atoms. The Labute approximate surface area is 254 Å². The second-order valence-corrected chi connectivity index (χ2v) is 10.9. The number of hydrogen-bond donors (Lipinski definition) is 0. The Bertz CT molecular complexity index is 2240. The van der Waals surface area contributed by atoms with E-state index in [0.717, 1.165) is 44.5 Å². The van der Waals surface area contributed by atoms with Crippen LogP contribution in [0.4, 0.5) is 5.69 Å². The molecule has 2 heterocycles. The summed E-state index contributed by atoms with van der Waals surface area (Å²) in [6, 6.07) is 40.7. The molecule has 6 aromatic carbocycles. The second-order valence-electron chi connectivity index (χ2n) is 10.9. The molecular formula is C40H22N4. The van der Waals surface area contributed by atoms with E-state index >= 15 is 0 Å². The molecule has 2 aromatic heterocycles.